The Morgan fingerprint density at radius 2 is 1.90 bits per heavy atom. The van der Waals surface area contributed by atoms with Gasteiger partial charge in [-0.05, 0) is 24.1 Å². The van der Waals surface area contributed by atoms with E-state index in [9.17, 15) is 0 Å². The molecule has 0 aliphatic carbocycles. The maximum absolute atomic E-state index is 4.25. The average Bonchev–Trinajstić information content (AvgIpc) is 2.44. The van der Waals surface area contributed by atoms with Crippen molar-refractivity contribution in [1.82, 2.24) is 15.3 Å². The first-order chi connectivity index (χ1) is 9.83. The quantitative estimate of drug-likeness (QED) is 0.776. The molecule has 2 heterocycles. The van der Waals surface area contributed by atoms with Gasteiger partial charge in [0, 0.05) is 24.8 Å². The topological polar surface area (TPSA) is 61.9 Å². The van der Waals surface area contributed by atoms with Crippen molar-refractivity contribution in [2.75, 3.05) is 23.7 Å². The Bertz CT molecular complexity index is 563. The van der Waals surface area contributed by atoms with E-state index in [2.05, 4.69) is 57.1 Å². The summed E-state index contributed by atoms with van der Waals surface area (Å²) in [6, 6.07) is 10.8. The first kappa shape index (κ1) is 12.9. The number of nitrogens with zero attached hydrogens (tertiary/aromatic N) is 2. The maximum Gasteiger partial charge on any atom is 0.135 e. The van der Waals surface area contributed by atoms with Gasteiger partial charge in [-0.2, -0.15) is 0 Å². The predicted octanol–water partition coefficient (Wildman–Crippen LogP) is 2.17. The molecular weight excluding hydrogens is 250 g/mol. The van der Waals surface area contributed by atoms with E-state index in [0.717, 1.165) is 36.8 Å². The molecule has 0 atom stereocenters. The molecule has 5 nitrogen and oxygen atoms in total. The lowest BCUT2D eigenvalue weighted by atomic mass is 10.1. The van der Waals surface area contributed by atoms with Crippen LogP contribution in [-0.4, -0.2) is 29.1 Å². The Kier molecular flexibility index (Phi) is 3.78. The number of nitrogens with one attached hydrogen (secondary N) is 3. The highest BCUT2D eigenvalue weighted by atomic mass is 15.1. The van der Waals surface area contributed by atoms with Crippen LogP contribution < -0.4 is 16.0 Å². The van der Waals surface area contributed by atoms with E-state index in [1.165, 1.54) is 5.56 Å². The van der Waals surface area contributed by atoms with E-state index in [1.807, 2.05) is 6.07 Å². The highest BCUT2D eigenvalue weighted by Gasteiger charge is 2.16. The van der Waals surface area contributed by atoms with E-state index in [-0.39, 0.29) is 0 Å². The maximum atomic E-state index is 4.25. The summed E-state index contributed by atoms with van der Waals surface area (Å²) >= 11 is 0. The lowest BCUT2D eigenvalue weighted by Crippen LogP contribution is -2.51. The summed E-state index contributed by atoms with van der Waals surface area (Å²) in [6.07, 6.45) is 2.63. The Morgan fingerprint density at radius 3 is 2.55 bits per heavy atom. The van der Waals surface area contributed by atoms with Crippen molar-refractivity contribution < 1.29 is 0 Å². The van der Waals surface area contributed by atoms with E-state index >= 15 is 0 Å². The molecule has 0 unspecified atom stereocenters. The van der Waals surface area contributed by atoms with Crippen LogP contribution in [0.15, 0.2) is 36.7 Å². The fourth-order valence-electron chi connectivity index (χ4n) is 2.08. The summed E-state index contributed by atoms with van der Waals surface area (Å²) in [5.41, 5.74) is 2.37. The number of aromatic nitrogens is 2. The normalized spacial score (nSPS) is 14.7. The summed E-state index contributed by atoms with van der Waals surface area (Å²) in [5, 5.41) is 9.89. The molecule has 5 heteroatoms. The summed E-state index contributed by atoms with van der Waals surface area (Å²) in [5.74, 6) is 1.67. The van der Waals surface area contributed by atoms with Crippen molar-refractivity contribution in [2.45, 2.75) is 19.4 Å². The molecule has 1 aromatic heterocycles. The van der Waals surface area contributed by atoms with Gasteiger partial charge in [-0.1, -0.05) is 19.1 Å². The van der Waals surface area contributed by atoms with Crippen molar-refractivity contribution in [2.24, 2.45) is 0 Å². The van der Waals surface area contributed by atoms with Gasteiger partial charge in [-0.25, -0.2) is 9.97 Å². The van der Waals surface area contributed by atoms with Gasteiger partial charge in [0.05, 0.1) is 6.04 Å². The van der Waals surface area contributed by atoms with Gasteiger partial charge in [0.2, 0.25) is 0 Å². The van der Waals surface area contributed by atoms with Crippen LogP contribution in [0.3, 0.4) is 0 Å². The second kappa shape index (κ2) is 5.88. The van der Waals surface area contributed by atoms with Crippen LogP contribution in [0, 0.1) is 0 Å². The number of anilines is 3. The smallest absolute Gasteiger partial charge is 0.135 e. The highest BCUT2D eigenvalue weighted by molar-refractivity contribution is 5.59. The van der Waals surface area contributed by atoms with E-state index < -0.39 is 0 Å². The summed E-state index contributed by atoms with van der Waals surface area (Å²) < 4.78 is 0. The minimum atomic E-state index is 0.474. The number of benzene rings is 1. The third kappa shape index (κ3) is 3.05. The molecule has 0 amide bonds. The van der Waals surface area contributed by atoms with Crippen molar-refractivity contribution in [3.8, 4) is 0 Å². The molecule has 104 valence electrons. The third-order valence-electron chi connectivity index (χ3n) is 3.44. The molecule has 2 aromatic rings. The monoisotopic (exact) mass is 269 g/mol. The van der Waals surface area contributed by atoms with Crippen LogP contribution in [0.2, 0.25) is 0 Å². The van der Waals surface area contributed by atoms with Crippen molar-refractivity contribution in [1.29, 1.82) is 0 Å². The lowest BCUT2D eigenvalue weighted by Gasteiger charge is -2.28. The Balaban J connectivity index is 1.67. The second-order valence-corrected chi connectivity index (χ2v) is 4.96. The Labute approximate surface area is 118 Å². The number of hydrogen-bond acceptors (Lipinski definition) is 5. The molecule has 0 bridgehead atoms. The van der Waals surface area contributed by atoms with Crippen molar-refractivity contribution in [3.63, 3.8) is 0 Å². The minimum Gasteiger partial charge on any atom is -0.365 e. The molecule has 0 saturated carbocycles. The first-order valence-electron chi connectivity index (χ1n) is 6.99. The largest absolute Gasteiger partial charge is 0.365 e. The van der Waals surface area contributed by atoms with Gasteiger partial charge in [0.25, 0.3) is 0 Å². The molecule has 1 aliphatic rings. The third-order valence-corrected chi connectivity index (χ3v) is 3.44. The van der Waals surface area contributed by atoms with Crippen molar-refractivity contribution >= 4 is 17.3 Å². The molecule has 0 spiro atoms. The Hall–Kier alpha value is -2.14. The number of hydrogen-bond donors (Lipinski definition) is 3. The summed E-state index contributed by atoms with van der Waals surface area (Å²) in [4.78, 5) is 8.49. The van der Waals surface area contributed by atoms with Gasteiger partial charge in [-0.3, -0.25) is 0 Å². The van der Waals surface area contributed by atoms with E-state index in [0.29, 0.717) is 6.04 Å². The molecular formula is C15H19N5. The zero-order valence-electron chi connectivity index (χ0n) is 11.6. The average molecular weight is 269 g/mol. The molecule has 1 aliphatic heterocycles. The van der Waals surface area contributed by atoms with Crippen molar-refractivity contribution in [3.05, 3.63) is 42.2 Å². The molecule has 1 fully saturated rings. The standard InChI is InChI=1S/C15H19N5/c1-2-11-3-5-12(6-4-11)19-14-7-15(18-10-17-14)20-13-8-16-9-13/h3-7,10,13,16H,2,8-9H2,1H3,(H2,17,18,19,20). The number of rotatable bonds is 5. The molecule has 1 saturated heterocycles. The van der Waals surface area contributed by atoms with Crippen LogP contribution in [0.1, 0.15) is 12.5 Å². The van der Waals surface area contributed by atoms with Crippen LogP contribution in [-0.2, 0) is 6.42 Å². The van der Waals surface area contributed by atoms with Gasteiger partial charge >= 0.3 is 0 Å². The second-order valence-electron chi connectivity index (χ2n) is 4.96. The molecule has 3 rings (SSSR count). The molecule has 3 N–H and O–H groups in total. The zero-order valence-corrected chi connectivity index (χ0v) is 11.6. The van der Waals surface area contributed by atoms with Gasteiger partial charge in [-0.15, -0.1) is 0 Å². The van der Waals surface area contributed by atoms with Gasteiger partial charge in [0.15, 0.2) is 0 Å². The first-order valence-corrected chi connectivity index (χ1v) is 6.99. The van der Waals surface area contributed by atoms with Crippen LogP contribution in [0.4, 0.5) is 17.3 Å². The molecule has 1 aromatic carbocycles. The van der Waals surface area contributed by atoms with Crippen LogP contribution in [0.5, 0.6) is 0 Å². The van der Waals surface area contributed by atoms with E-state index in [1.54, 1.807) is 6.33 Å². The predicted molar refractivity (Wildman–Crippen MR) is 81.4 cm³/mol. The minimum absolute atomic E-state index is 0.474. The Morgan fingerprint density at radius 1 is 1.15 bits per heavy atom. The van der Waals surface area contributed by atoms with Gasteiger partial charge < -0.3 is 16.0 Å². The number of aryl methyl sites for hydroxylation is 1. The summed E-state index contributed by atoms with van der Waals surface area (Å²) in [7, 11) is 0. The van der Waals surface area contributed by atoms with Crippen LogP contribution in [0.25, 0.3) is 0 Å². The fourth-order valence-corrected chi connectivity index (χ4v) is 2.08. The highest BCUT2D eigenvalue weighted by Crippen LogP contribution is 2.17. The van der Waals surface area contributed by atoms with Gasteiger partial charge in [0.1, 0.15) is 18.0 Å². The zero-order chi connectivity index (χ0) is 13.8. The molecule has 0 radical (unpaired) electrons. The lowest BCUT2D eigenvalue weighted by molar-refractivity contribution is 0.471. The fraction of sp³-hybridized carbons (Fsp3) is 0.333. The SMILES string of the molecule is CCc1ccc(Nc2cc(NC3CNC3)ncn2)cc1. The van der Waals surface area contributed by atoms with E-state index in [4.69, 9.17) is 0 Å². The summed E-state index contributed by atoms with van der Waals surface area (Å²) in [6.45, 7) is 4.14. The van der Waals surface area contributed by atoms with Crippen LogP contribution >= 0.6 is 0 Å². The molecule has 20 heavy (non-hydrogen) atoms.